The van der Waals surface area contributed by atoms with Crippen molar-refractivity contribution in [3.8, 4) is 5.69 Å². The molecule has 178 valence electrons. The smallest absolute Gasteiger partial charge is 0.256 e. The third kappa shape index (κ3) is 4.12. The average Bonchev–Trinajstić information content (AvgIpc) is 3.51. The van der Waals surface area contributed by atoms with Crippen molar-refractivity contribution in [2.24, 2.45) is 5.92 Å². The zero-order valence-corrected chi connectivity index (χ0v) is 18.6. The van der Waals surface area contributed by atoms with Crippen LogP contribution in [0.3, 0.4) is 0 Å². The molecule has 0 spiro atoms. The predicted octanol–water partition coefficient (Wildman–Crippen LogP) is 3.17. The van der Waals surface area contributed by atoms with Crippen LogP contribution in [0.1, 0.15) is 29.6 Å². The van der Waals surface area contributed by atoms with Gasteiger partial charge in [-0.15, -0.1) is 0 Å². The monoisotopic (exact) mass is 492 g/mol. The summed E-state index contributed by atoms with van der Waals surface area (Å²) in [5, 5.41) is 11.9. The van der Waals surface area contributed by atoms with E-state index in [4.69, 9.17) is 11.6 Å². The van der Waals surface area contributed by atoms with E-state index in [2.05, 4.69) is 10.3 Å². The molecule has 3 heterocycles. The number of rotatable bonds is 5. The minimum absolute atomic E-state index is 0.132. The summed E-state index contributed by atoms with van der Waals surface area (Å²) in [6, 6.07) is 2.44. The maximum atomic E-state index is 15.0. The number of nitrogens with one attached hydrogen (secondary N) is 1. The minimum atomic E-state index is -1.05. The molecular formula is C23H20ClF3N4O3. The van der Waals surface area contributed by atoms with Crippen molar-refractivity contribution in [2.45, 2.75) is 25.4 Å². The van der Waals surface area contributed by atoms with Gasteiger partial charge in [0.25, 0.3) is 5.91 Å². The van der Waals surface area contributed by atoms with Gasteiger partial charge in [-0.3, -0.25) is 14.2 Å². The molecule has 0 radical (unpaired) electrons. The van der Waals surface area contributed by atoms with Gasteiger partial charge in [-0.1, -0.05) is 11.6 Å². The maximum Gasteiger partial charge on any atom is 0.256 e. The number of aromatic nitrogens is 2. The highest BCUT2D eigenvalue weighted by Gasteiger charge is 2.28. The Morgan fingerprint density at radius 1 is 1.18 bits per heavy atom. The Morgan fingerprint density at radius 3 is 2.59 bits per heavy atom. The minimum Gasteiger partial charge on any atom is -0.391 e. The first-order valence-corrected chi connectivity index (χ1v) is 11.2. The topological polar surface area (TPSA) is 87.5 Å². The summed E-state index contributed by atoms with van der Waals surface area (Å²) in [4.78, 5) is 31.7. The molecular weight excluding hydrogens is 473 g/mol. The first-order valence-electron chi connectivity index (χ1n) is 10.8. The normalized spacial score (nSPS) is 18.0. The standard InChI is InChI=1S/C23H20ClF3N4O3/c24-16-5-12(25)6-17(26)19(16)31-10-15(23(34)28-8-11-1-2-11)20(33)14-7-18(27)22(29-21(14)31)30-4-3-13(32)9-30/h5-7,10-11,13,32H,1-4,8-9H2,(H,28,34). The fraction of sp³-hybridized carbons (Fsp3) is 0.348. The summed E-state index contributed by atoms with van der Waals surface area (Å²) >= 11 is 6.14. The molecule has 34 heavy (non-hydrogen) atoms. The van der Waals surface area contributed by atoms with Gasteiger partial charge in [-0.25, -0.2) is 18.2 Å². The number of fused-ring (bicyclic) bond motifs is 1. The number of halogens is 4. The highest BCUT2D eigenvalue weighted by atomic mass is 35.5. The largest absolute Gasteiger partial charge is 0.391 e. The van der Waals surface area contributed by atoms with E-state index in [9.17, 15) is 23.5 Å². The van der Waals surface area contributed by atoms with Gasteiger partial charge in [0.2, 0.25) is 5.43 Å². The van der Waals surface area contributed by atoms with Gasteiger partial charge in [-0.2, -0.15) is 0 Å². The van der Waals surface area contributed by atoms with Crippen LogP contribution in [-0.4, -0.2) is 46.3 Å². The van der Waals surface area contributed by atoms with Gasteiger partial charge < -0.3 is 15.3 Å². The number of carbonyl (C=O) groups is 1. The summed E-state index contributed by atoms with van der Waals surface area (Å²) in [6.07, 6.45) is 2.77. The molecule has 2 N–H and O–H groups in total. The molecule has 2 fully saturated rings. The van der Waals surface area contributed by atoms with Gasteiger partial charge in [0.15, 0.2) is 23.1 Å². The van der Waals surface area contributed by atoms with E-state index in [1.807, 2.05) is 0 Å². The molecule has 11 heteroatoms. The van der Waals surface area contributed by atoms with E-state index >= 15 is 4.39 Å². The number of aliphatic hydroxyl groups is 1. The lowest BCUT2D eigenvalue weighted by molar-refractivity contribution is 0.0950. The lowest BCUT2D eigenvalue weighted by Crippen LogP contribution is -2.31. The number of hydrogen-bond acceptors (Lipinski definition) is 5. The molecule has 7 nitrogen and oxygen atoms in total. The summed E-state index contributed by atoms with van der Waals surface area (Å²) in [6.45, 7) is 0.839. The van der Waals surface area contributed by atoms with Gasteiger partial charge >= 0.3 is 0 Å². The molecule has 2 aliphatic rings. The Morgan fingerprint density at radius 2 is 1.94 bits per heavy atom. The van der Waals surface area contributed by atoms with Crippen molar-refractivity contribution in [1.29, 1.82) is 0 Å². The quantitative estimate of drug-likeness (QED) is 0.571. The van der Waals surface area contributed by atoms with E-state index in [1.165, 1.54) is 4.90 Å². The van der Waals surface area contributed by atoms with E-state index in [0.717, 1.165) is 35.7 Å². The average molecular weight is 493 g/mol. The van der Waals surface area contributed by atoms with Crippen LogP contribution in [0.15, 0.2) is 29.2 Å². The Balaban J connectivity index is 1.74. The number of carbonyl (C=O) groups excluding carboxylic acids is 1. The molecule has 3 aromatic rings. The Hall–Kier alpha value is -3.11. The van der Waals surface area contributed by atoms with Crippen LogP contribution < -0.4 is 15.6 Å². The first kappa shape index (κ1) is 22.7. The molecule has 1 aromatic carbocycles. The Kier molecular flexibility index (Phi) is 5.73. The molecule has 1 saturated heterocycles. The third-order valence-corrected chi connectivity index (χ3v) is 6.38. The zero-order valence-electron chi connectivity index (χ0n) is 17.8. The number of benzene rings is 1. The fourth-order valence-electron chi connectivity index (χ4n) is 4.12. The zero-order chi connectivity index (χ0) is 24.1. The number of amides is 1. The lowest BCUT2D eigenvalue weighted by atomic mass is 10.1. The molecule has 1 aliphatic carbocycles. The molecule has 1 unspecified atom stereocenters. The number of aliphatic hydroxyl groups excluding tert-OH is 1. The SMILES string of the molecule is O=C(NCC1CC1)c1cn(-c2c(F)cc(F)cc2Cl)c2nc(N3CCC(O)C3)c(F)cc2c1=O. The maximum absolute atomic E-state index is 15.0. The Labute approximate surface area is 196 Å². The van der Waals surface area contributed by atoms with Crippen LogP contribution >= 0.6 is 11.6 Å². The molecule has 1 saturated carbocycles. The highest BCUT2D eigenvalue weighted by molar-refractivity contribution is 6.32. The van der Waals surface area contributed by atoms with E-state index in [-0.39, 0.29) is 39.7 Å². The van der Waals surface area contributed by atoms with Crippen molar-refractivity contribution in [1.82, 2.24) is 14.9 Å². The third-order valence-electron chi connectivity index (χ3n) is 6.09. The molecule has 2 aromatic heterocycles. The van der Waals surface area contributed by atoms with Gasteiger partial charge in [0.05, 0.1) is 16.5 Å². The van der Waals surface area contributed by atoms with Crippen molar-refractivity contribution in [2.75, 3.05) is 24.5 Å². The number of hydrogen-bond donors (Lipinski definition) is 2. The number of anilines is 1. The van der Waals surface area contributed by atoms with Gasteiger partial charge in [-0.05, 0) is 37.3 Å². The number of β-amino-alcohol motifs (C(OH)–C–C–N with tert-alkyl or cyclic N) is 1. The number of pyridine rings is 2. The van der Waals surface area contributed by atoms with Crippen molar-refractivity contribution < 1.29 is 23.1 Å². The second-order valence-electron chi connectivity index (χ2n) is 8.67. The van der Waals surface area contributed by atoms with Crippen LogP contribution in [0.5, 0.6) is 0 Å². The molecule has 5 rings (SSSR count). The fourth-order valence-corrected chi connectivity index (χ4v) is 4.41. The van der Waals surface area contributed by atoms with E-state index in [1.54, 1.807) is 0 Å². The first-order chi connectivity index (χ1) is 16.2. The number of nitrogens with zero attached hydrogens (tertiary/aromatic N) is 3. The van der Waals surface area contributed by atoms with Gasteiger partial charge in [0.1, 0.15) is 17.1 Å². The van der Waals surface area contributed by atoms with Crippen LogP contribution in [0.25, 0.3) is 16.7 Å². The van der Waals surface area contributed by atoms with Crippen molar-refractivity contribution in [3.05, 3.63) is 62.7 Å². The Bertz CT molecular complexity index is 1350. The molecule has 1 atom stereocenters. The second kappa shape index (κ2) is 8.59. The summed E-state index contributed by atoms with van der Waals surface area (Å²) in [7, 11) is 0. The summed E-state index contributed by atoms with van der Waals surface area (Å²) in [5.74, 6) is -3.28. The van der Waals surface area contributed by atoms with Crippen LogP contribution in [0, 0.1) is 23.4 Å². The molecule has 0 bridgehead atoms. The lowest BCUT2D eigenvalue weighted by Gasteiger charge is -2.20. The van der Waals surface area contributed by atoms with Crippen molar-refractivity contribution >= 4 is 34.4 Å². The molecule has 1 amide bonds. The van der Waals surface area contributed by atoms with E-state index < -0.39 is 34.9 Å². The van der Waals surface area contributed by atoms with E-state index in [0.29, 0.717) is 31.5 Å². The molecule has 1 aliphatic heterocycles. The van der Waals surface area contributed by atoms with Crippen molar-refractivity contribution in [3.63, 3.8) is 0 Å². The van der Waals surface area contributed by atoms with Crippen LogP contribution in [0.2, 0.25) is 5.02 Å². The highest BCUT2D eigenvalue weighted by Crippen LogP contribution is 2.31. The summed E-state index contributed by atoms with van der Waals surface area (Å²) < 4.78 is 44.7. The second-order valence-corrected chi connectivity index (χ2v) is 9.07. The summed E-state index contributed by atoms with van der Waals surface area (Å²) in [5.41, 5.74) is -1.62. The van der Waals surface area contributed by atoms with Gasteiger partial charge in [0, 0.05) is 31.9 Å². The van der Waals surface area contributed by atoms with Crippen LogP contribution in [-0.2, 0) is 0 Å². The van der Waals surface area contributed by atoms with Crippen LogP contribution in [0.4, 0.5) is 19.0 Å². The predicted molar refractivity (Wildman–Crippen MR) is 120 cm³/mol.